The van der Waals surface area contributed by atoms with Gasteiger partial charge in [0.05, 0.1) is 0 Å². The van der Waals surface area contributed by atoms with Crippen molar-refractivity contribution in [3.63, 3.8) is 0 Å². The average molecular weight is 338 g/mol. The first-order valence-electron chi connectivity index (χ1n) is 9.25. The van der Waals surface area contributed by atoms with E-state index in [1.807, 2.05) is 0 Å². The summed E-state index contributed by atoms with van der Waals surface area (Å²) in [6, 6.07) is 0. The van der Waals surface area contributed by atoms with E-state index in [2.05, 4.69) is 48.7 Å². The Bertz CT molecular complexity index is 370. The zero-order valence-electron chi connectivity index (χ0n) is 15.7. The lowest BCUT2D eigenvalue weighted by molar-refractivity contribution is -0.139. The molecule has 0 bridgehead atoms. The summed E-state index contributed by atoms with van der Waals surface area (Å²) < 4.78 is 0. The Kier molecular flexibility index (Phi) is 13.8. The maximum atomic E-state index is 11.6. The van der Waals surface area contributed by atoms with Crippen LogP contribution in [0.2, 0.25) is 0 Å². The van der Waals surface area contributed by atoms with Gasteiger partial charge in [-0.3, -0.25) is 9.59 Å². The molecule has 2 atom stereocenters. The number of carbonyl (C=O) groups excluding carboxylic acids is 2. The van der Waals surface area contributed by atoms with Crippen molar-refractivity contribution in [1.82, 2.24) is 10.9 Å². The van der Waals surface area contributed by atoms with Gasteiger partial charge in [-0.25, -0.2) is 10.9 Å². The molecule has 0 aromatic carbocycles. The van der Waals surface area contributed by atoms with Gasteiger partial charge in [-0.1, -0.05) is 53.4 Å². The van der Waals surface area contributed by atoms with Crippen LogP contribution in [0.5, 0.6) is 0 Å². The van der Waals surface area contributed by atoms with Crippen molar-refractivity contribution in [2.45, 2.75) is 79.1 Å². The summed E-state index contributed by atoms with van der Waals surface area (Å²) in [5, 5.41) is 7.76. The number of hydrogen-bond acceptors (Lipinski definition) is 4. The van der Waals surface area contributed by atoms with Crippen molar-refractivity contribution < 1.29 is 9.59 Å². The van der Waals surface area contributed by atoms with Crippen LogP contribution in [0, 0.1) is 11.8 Å². The first-order chi connectivity index (χ1) is 11.6. The van der Waals surface area contributed by atoms with Crippen molar-refractivity contribution in [2.75, 3.05) is 0 Å². The fourth-order valence-electron chi connectivity index (χ4n) is 2.20. The largest absolute Gasteiger partial charge is 0.331 e. The fraction of sp³-hybridized carbons (Fsp3) is 0.778. The molecule has 0 aromatic rings. The number of nitrogens with one attached hydrogen (secondary N) is 2. The van der Waals surface area contributed by atoms with Crippen molar-refractivity contribution in [2.24, 2.45) is 22.0 Å². The van der Waals surface area contributed by atoms with Gasteiger partial charge in [0.25, 0.3) is 0 Å². The van der Waals surface area contributed by atoms with Crippen molar-refractivity contribution >= 4 is 24.2 Å². The van der Waals surface area contributed by atoms with E-state index in [-0.39, 0.29) is 0 Å². The molecule has 6 heteroatoms. The molecule has 24 heavy (non-hydrogen) atoms. The number of carbonyl (C=O) groups is 2. The minimum absolute atomic E-state index is 0.329. The van der Waals surface area contributed by atoms with E-state index in [1.165, 1.54) is 0 Å². The molecule has 0 spiro atoms. The lowest BCUT2D eigenvalue weighted by Crippen LogP contribution is -2.35. The van der Waals surface area contributed by atoms with Gasteiger partial charge in [-0.05, 0) is 37.5 Å². The molecular formula is C18H34N4O2. The molecule has 0 radical (unpaired) electrons. The standard InChI is InChI=1S/C18H34N4O2/c1-5-9-11-15(7-3)13-19-21-17(23)18(24)22-20-14-16(8-4)12-10-6-2/h13-16H,5-12H2,1-4H3,(H,21,23)(H,22,24). The van der Waals surface area contributed by atoms with E-state index in [4.69, 9.17) is 0 Å². The highest BCUT2D eigenvalue weighted by Crippen LogP contribution is 2.10. The first kappa shape index (κ1) is 22.3. The lowest BCUT2D eigenvalue weighted by atomic mass is 10.0. The maximum Gasteiger partial charge on any atom is 0.331 e. The van der Waals surface area contributed by atoms with E-state index in [9.17, 15) is 9.59 Å². The minimum atomic E-state index is -0.796. The highest BCUT2D eigenvalue weighted by molar-refractivity contribution is 6.35. The molecule has 2 N–H and O–H groups in total. The monoisotopic (exact) mass is 338 g/mol. The maximum absolute atomic E-state index is 11.6. The molecule has 0 aromatic heterocycles. The molecule has 2 amide bonds. The summed E-state index contributed by atoms with van der Waals surface area (Å²) in [6.07, 6.45) is 12.0. The third-order valence-electron chi connectivity index (χ3n) is 4.01. The third kappa shape index (κ3) is 10.9. The third-order valence-corrected chi connectivity index (χ3v) is 4.01. The van der Waals surface area contributed by atoms with Gasteiger partial charge in [-0.15, -0.1) is 0 Å². The predicted octanol–water partition coefficient (Wildman–Crippen LogP) is 3.62. The van der Waals surface area contributed by atoms with Gasteiger partial charge in [0.15, 0.2) is 0 Å². The summed E-state index contributed by atoms with van der Waals surface area (Å²) in [6.45, 7) is 8.44. The van der Waals surface area contributed by atoms with Crippen LogP contribution >= 0.6 is 0 Å². The van der Waals surface area contributed by atoms with Crippen molar-refractivity contribution in [3.8, 4) is 0 Å². The molecular weight excluding hydrogens is 304 g/mol. The van der Waals surface area contributed by atoms with Gasteiger partial charge in [0.2, 0.25) is 0 Å². The zero-order chi connectivity index (χ0) is 18.2. The van der Waals surface area contributed by atoms with Crippen LogP contribution in [0.25, 0.3) is 0 Å². The molecule has 2 unspecified atom stereocenters. The Morgan fingerprint density at radius 3 is 1.46 bits per heavy atom. The normalized spacial score (nSPS) is 14.0. The van der Waals surface area contributed by atoms with Crippen LogP contribution in [0.4, 0.5) is 0 Å². The van der Waals surface area contributed by atoms with Crippen LogP contribution in [0.15, 0.2) is 10.2 Å². The topological polar surface area (TPSA) is 82.9 Å². The molecule has 0 aliphatic heterocycles. The van der Waals surface area contributed by atoms with Crippen molar-refractivity contribution in [3.05, 3.63) is 0 Å². The second kappa shape index (κ2) is 14.8. The minimum Gasteiger partial charge on any atom is -0.262 e. The highest BCUT2D eigenvalue weighted by Gasteiger charge is 2.12. The number of nitrogens with zero attached hydrogens (tertiary/aromatic N) is 2. The summed E-state index contributed by atoms with van der Waals surface area (Å²) in [4.78, 5) is 23.3. The Balaban J connectivity index is 4.20. The number of amides is 2. The lowest BCUT2D eigenvalue weighted by Gasteiger charge is -2.08. The Morgan fingerprint density at radius 2 is 1.17 bits per heavy atom. The second-order valence-corrected chi connectivity index (χ2v) is 6.06. The predicted molar refractivity (Wildman–Crippen MR) is 99.9 cm³/mol. The SMILES string of the molecule is CCCCC(C=NNC(=O)C(=O)NN=CC(CC)CCCC)CC. The molecule has 0 saturated carbocycles. The van der Waals surface area contributed by atoms with Crippen LogP contribution in [0.3, 0.4) is 0 Å². The second-order valence-electron chi connectivity index (χ2n) is 6.06. The molecule has 0 fully saturated rings. The van der Waals surface area contributed by atoms with Gasteiger partial charge in [0, 0.05) is 12.4 Å². The molecule has 0 aliphatic rings. The quantitative estimate of drug-likeness (QED) is 0.324. The molecule has 138 valence electrons. The zero-order valence-corrected chi connectivity index (χ0v) is 15.7. The highest BCUT2D eigenvalue weighted by atomic mass is 16.2. The molecule has 0 rings (SSSR count). The van der Waals surface area contributed by atoms with Gasteiger partial charge >= 0.3 is 11.8 Å². The molecule has 0 aliphatic carbocycles. The Labute approximate surface area is 146 Å². The van der Waals surface area contributed by atoms with Crippen LogP contribution in [-0.2, 0) is 9.59 Å². The van der Waals surface area contributed by atoms with Gasteiger partial charge in [0.1, 0.15) is 0 Å². The van der Waals surface area contributed by atoms with Gasteiger partial charge in [-0.2, -0.15) is 10.2 Å². The van der Waals surface area contributed by atoms with E-state index in [1.54, 1.807) is 12.4 Å². The van der Waals surface area contributed by atoms with Crippen LogP contribution < -0.4 is 10.9 Å². The molecule has 6 nitrogen and oxygen atoms in total. The summed E-state index contributed by atoms with van der Waals surface area (Å²) in [5.41, 5.74) is 4.51. The average Bonchev–Trinajstić information content (AvgIpc) is 2.60. The van der Waals surface area contributed by atoms with E-state index in [0.29, 0.717) is 11.8 Å². The first-order valence-corrected chi connectivity index (χ1v) is 9.25. The summed E-state index contributed by atoms with van der Waals surface area (Å²) in [7, 11) is 0. The number of hydrogen-bond donors (Lipinski definition) is 2. The fourth-order valence-corrected chi connectivity index (χ4v) is 2.20. The Morgan fingerprint density at radius 1 is 0.792 bits per heavy atom. The smallest absolute Gasteiger partial charge is 0.262 e. The van der Waals surface area contributed by atoms with Crippen molar-refractivity contribution in [1.29, 1.82) is 0 Å². The number of unbranched alkanes of at least 4 members (excludes halogenated alkanes) is 2. The Hall–Kier alpha value is -1.72. The molecule has 0 heterocycles. The number of hydrazone groups is 2. The van der Waals surface area contributed by atoms with E-state index < -0.39 is 11.8 Å². The summed E-state index contributed by atoms with van der Waals surface area (Å²) >= 11 is 0. The van der Waals surface area contributed by atoms with E-state index >= 15 is 0 Å². The summed E-state index contributed by atoms with van der Waals surface area (Å²) in [5.74, 6) is -0.934. The van der Waals surface area contributed by atoms with Crippen LogP contribution in [-0.4, -0.2) is 24.2 Å². The van der Waals surface area contributed by atoms with Gasteiger partial charge < -0.3 is 0 Å². The van der Waals surface area contributed by atoms with Crippen LogP contribution in [0.1, 0.15) is 79.1 Å². The number of rotatable bonds is 12. The van der Waals surface area contributed by atoms with E-state index in [0.717, 1.165) is 51.4 Å². The molecule has 0 saturated heterocycles.